The highest BCUT2D eigenvalue weighted by Gasteiger charge is 2.18. The van der Waals surface area contributed by atoms with Crippen LogP contribution in [-0.4, -0.2) is 65.4 Å². The van der Waals surface area contributed by atoms with E-state index in [1.807, 2.05) is 47.5 Å². The molecule has 2 heterocycles. The fraction of sp³-hybridized carbons (Fsp3) is 0.382. The van der Waals surface area contributed by atoms with Gasteiger partial charge in [-0.1, -0.05) is 47.6 Å². The van der Waals surface area contributed by atoms with Gasteiger partial charge in [0.1, 0.15) is 13.1 Å². The van der Waals surface area contributed by atoms with Gasteiger partial charge in [-0.05, 0) is 75.8 Å². The van der Waals surface area contributed by atoms with Gasteiger partial charge in [-0.15, -0.1) is 0 Å². The first-order valence-electron chi connectivity index (χ1n) is 15.0. The van der Waals surface area contributed by atoms with Crippen molar-refractivity contribution >= 4 is 36.1 Å². The molecule has 0 saturated carbocycles. The number of aldehydes is 1. The SMILES string of the molecule is C=O.CC.CC.CCCN(C)C.CCc1cc(Nc2nccn3c(-c4ccc(C)c(F)c4F)cnc23)ccc1C(=O)NCC=O. The molecule has 0 aliphatic rings. The van der Waals surface area contributed by atoms with Crippen LogP contribution in [0.2, 0.25) is 0 Å². The highest BCUT2D eigenvalue weighted by atomic mass is 19.2. The summed E-state index contributed by atoms with van der Waals surface area (Å²) in [6.07, 6.45) is 7.10. The third-order valence-electron chi connectivity index (χ3n) is 5.99. The lowest BCUT2D eigenvalue weighted by Gasteiger charge is -2.12. The Hall–Kier alpha value is -4.51. The summed E-state index contributed by atoms with van der Waals surface area (Å²) < 4.78 is 30.3. The molecular formula is C34H48F2N6O3. The van der Waals surface area contributed by atoms with Crippen molar-refractivity contribution in [3.63, 3.8) is 0 Å². The zero-order valence-electron chi connectivity index (χ0n) is 28.0. The Balaban J connectivity index is 0.00000141. The predicted octanol–water partition coefficient (Wildman–Crippen LogP) is 7.04. The molecule has 45 heavy (non-hydrogen) atoms. The lowest BCUT2D eigenvalue weighted by atomic mass is 10.0. The molecule has 11 heteroatoms. The first-order chi connectivity index (χ1) is 21.7. The van der Waals surface area contributed by atoms with Crippen LogP contribution in [0, 0.1) is 18.6 Å². The maximum absolute atomic E-state index is 14.6. The summed E-state index contributed by atoms with van der Waals surface area (Å²) in [5, 5.41) is 5.72. The summed E-state index contributed by atoms with van der Waals surface area (Å²) in [5.41, 5.74) is 3.09. The summed E-state index contributed by atoms with van der Waals surface area (Å²) in [6.45, 7) is 16.8. The molecule has 0 radical (unpaired) electrons. The number of nitrogens with one attached hydrogen (secondary N) is 2. The number of halogens is 2. The normalized spacial score (nSPS) is 9.69. The fourth-order valence-electron chi connectivity index (χ4n) is 4.05. The molecule has 2 aromatic carbocycles. The minimum absolute atomic E-state index is 0.0540. The topological polar surface area (TPSA) is 109 Å². The molecule has 0 fully saturated rings. The lowest BCUT2D eigenvalue weighted by Crippen LogP contribution is -2.26. The van der Waals surface area contributed by atoms with Crippen molar-refractivity contribution in [1.29, 1.82) is 0 Å². The average Bonchev–Trinajstić information content (AvgIpc) is 3.50. The number of aromatic nitrogens is 3. The van der Waals surface area contributed by atoms with E-state index in [0.717, 1.165) is 5.56 Å². The van der Waals surface area contributed by atoms with Gasteiger partial charge in [-0.25, -0.2) is 18.7 Å². The molecular weight excluding hydrogens is 578 g/mol. The third-order valence-corrected chi connectivity index (χ3v) is 5.99. The lowest BCUT2D eigenvalue weighted by molar-refractivity contribution is -0.107. The molecule has 4 rings (SSSR count). The van der Waals surface area contributed by atoms with E-state index < -0.39 is 11.6 Å². The van der Waals surface area contributed by atoms with Crippen LogP contribution in [0.3, 0.4) is 0 Å². The molecule has 2 aromatic heterocycles. The summed E-state index contributed by atoms with van der Waals surface area (Å²) in [7, 11) is 4.17. The monoisotopic (exact) mass is 626 g/mol. The number of carbonyl (C=O) groups excluding carboxylic acids is 3. The van der Waals surface area contributed by atoms with Crippen LogP contribution >= 0.6 is 0 Å². The molecule has 0 aliphatic carbocycles. The van der Waals surface area contributed by atoms with Gasteiger partial charge in [-0.3, -0.25) is 9.20 Å². The van der Waals surface area contributed by atoms with E-state index in [9.17, 15) is 18.4 Å². The predicted molar refractivity (Wildman–Crippen MR) is 179 cm³/mol. The summed E-state index contributed by atoms with van der Waals surface area (Å²) in [4.78, 5) is 41.7. The van der Waals surface area contributed by atoms with Gasteiger partial charge in [0.15, 0.2) is 23.1 Å². The van der Waals surface area contributed by atoms with E-state index in [-0.39, 0.29) is 23.6 Å². The van der Waals surface area contributed by atoms with Crippen molar-refractivity contribution in [1.82, 2.24) is 24.6 Å². The van der Waals surface area contributed by atoms with E-state index >= 15 is 0 Å². The third kappa shape index (κ3) is 11.5. The second-order valence-electron chi connectivity index (χ2n) is 9.20. The van der Waals surface area contributed by atoms with Crippen molar-refractivity contribution in [2.75, 3.05) is 32.5 Å². The summed E-state index contributed by atoms with van der Waals surface area (Å²) in [5.74, 6) is -1.73. The standard InChI is InChI=1S/C24H21F2N5O2.C5H13N.2C2H6.CH2O/c1-3-15-12-16(5-7-17(15)24(33)28-9-11-32)30-22-23-29-13-19(31(23)10-8-27-22)18-6-4-14(2)20(25)21(18)26;1-4-5-6(2)3;3*1-2/h4-8,10-13H,3,9H2,1-2H3,(H,27,30)(H,28,33);4-5H2,1-3H3;2*1-2H3;1H2. The molecule has 1 amide bonds. The van der Waals surface area contributed by atoms with E-state index in [0.29, 0.717) is 41.1 Å². The average molecular weight is 627 g/mol. The minimum atomic E-state index is -0.931. The van der Waals surface area contributed by atoms with Crippen LogP contribution in [0.4, 0.5) is 20.3 Å². The van der Waals surface area contributed by atoms with E-state index in [4.69, 9.17) is 4.79 Å². The van der Waals surface area contributed by atoms with Crippen molar-refractivity contribution in [3.8, 4) is 11.3 Å². The van der Waals surface area contributed by atoms with Crippen molar-refractivity contribution in [3.05, 3.63) is 77.2 Å². The highest BCUT2D eigenvalue weighted by molar-refractivity contribution is 5.97. The molecule has 4 aromatic rings. The molecule has 246 valence electrons. The zero-order valence-corrected chi connectivity index (χ0v) is 28.0. The van der Waals surface area contributed by atoms with Crippen LogP contribution < -0.4 is 10.6 Å². The maximum atomic E-state index is 14.6. The first kappa shape index (κ1) is 40.5. The minimum Gasteiger partial charge on any atom is -0.345 e. The maximum Gasteiger partial charge on any atom is 0.251 e. The van der Waals surface area contributed by atoms with Gasteiger partial charge in [0.25, 0.3) is 5.91 Å². The highest BCUT2D eigenvalue weighted by Crippen LogP contribution is 2.29. The number of hydrogen-bond donors (Lipinski definition) is 2. The Kier molecular flexibility index (Phi) is 19.9. The molecule has 0 saturated heterocycles. The zero-order chi connectivity index (χ0) is 34.5. The van der Waals surface area contributed by atoms with Gasteiger partial charge in [0, 0.05) is 29.2 Å². The Morgan fingerprint density at radius 2 is 1.69 bits per heavy atom. The van der Waals surface area contributed by atoms with E-state index in [1.54, 1.807) is 22.7 Å². The van der Waals surface area contributed by atoms with Crippen molar-refractivity contribution in [2.45, 2.75) is 61.3 Å². The fourth-order valence-corrected chi connectivity index (χ4v) is 4.05. The molecule has 0 spiro atoms. The number of benzene rings is 2. The van der Waals surface area contributed by atoms with Gasteiger partial charge < -0.3 is 25.1 Å². The van der Waals surface area contributed by atoms with E-state index in [2.05, 4.69) is 46.5 Å². The largest absolute Gasteiger partial charge is 0.345 e. The van der Waals surface area contributed by atoms with Crippen LogP contribution in [-0.2, 0) is 16.0 Å². The number of rotatable bonds is 9. The molecule has 0 unspecified atom stereocenters. The number of nitrogens with zero attached hydrogens (tertiary/aromatic N) is 4. The second-order valence-corrected chi connectivity index (χ2v) is 9.20. The second kappa shape index (κ2) is 22.1. The van der Waals surface area contributed by atoms with Crippen molar-refractivity contribution in [2.24, 2.45) is 0 Å². The van der Waals surface area contributed by atoms with Crippen molar-refractivity contribution < 1.29 is 23.2 Å². The Bertz CT molecular complexity index is 1470. The number of hydrogen-bond acceptors (Lipinski definition) is 7. The number of fused-ring (bicyclic) bond motifs is 1. The van der Waals surface area contributed by atoms with Crippen LogP contribution in [0.1, 0.15) is 69.4 Å². The van der Waals surface area contributed by atoms with Crippen LogP contribution in [0.25, 0.3) is 16.9 Å². The number of anilines is 2. The Morgan fingerprint density at radius 1 is 1.02 bits per heavy atom. The van der Waals surface area contributed by atoms with Gasteiger partial charge in [-0.2, -0.15) is 0 Å². The molecule has 0 aliphatic heterocycles. The van der Waals surface area contributed by atoms with E-state index in [1.165, 1.54) is 44.4 Å². The molecule has 2 N–H and O–H groups in total. The number of carbonyl (C=O) groups is 3. The van der Waals surface area contributed by atoms with Gasteiger partial charge >= 0.3 is 0 Å². The quantitative estimate of drug-likeness (QED) is 0.192. The molecule has 0 atom stereocenters. The number of imidazole rings is 1. The summed E-state index contributed by atoms with van der Waals surface area (Å²) >= 11 is 0. The van der Waals surface area contributed by atoms with Gasteiger partial charge in [0.05, 0.1) is 18.4 Å². The first-order valence-corrected chi connectivity index (χ1v) is 15.0. The molecule has 9 nitrogen and oxygen atoms in total. The smallest absolute Gasteiger partial charge is 0.251 e. The van der Waals surface area contributed by atoms with Crippen LogP contribution in [0.5, 0.6) is 0 Å². The van der Waals surface area contributed by atoms with Crippen LogP contribution in [0.15, 0.2) is 48.9 Å². The Morgan fingerprint density at radius 3 is 2.24 bits per heavy atom. The number of aryl methyl sites for hydroxylation is 2. The van der Waals surface area contributed by atoms with Gasteiger partial charge in [0.2, 0.25) is 0 Å². The number of amides is 1. The molecule has 0 bridgehead atoms. The Labute approximate surface area is 266 Å². The summed E-state index contributed by atoms with van der Waals surface area (Å²) in [6, 6.07) is 8.25.